The van der Waals surface area contributed by atoms with Crippen LogP contribution in [0.15, 0.2) is 30.3 Å². The first-order valence-electron chi connectivity index (χ1n) is 13.7. The van der Waals surface area contributed by atoms with Crippen molar-refractivity contribution in [2.75, 3.05) is 13.2 Å². The third kappa shape index (κ3) is 4.44. The molecular weight excluding hydrogens is 474 g/mol. The number of fused-ring (bicyclic) bond motifs is 1. The van der Waals surface area contributed by atoms with Gasteiger partial charge in [-0.15, -0.1) is 11.8 Å². The van der Waals surface area contributed by atoms with E-state index < -0.39 is 28.7 Å². The van der Waals surface area contributed by atoms with Gasteiger partial charge in [0.15, 0.2) is 0 Å². The minimum absolute atomic E-state index is 0.0598. The van der Waals surface area contributed by atoms with Crippen LogP contribution in [0, 0.1) is 11.8 Å². The first kappa shape index (κ1) is 25.6. The average Bonchev–Trinajstić information content (AvgIpc) is 3.54. The van der Waals surface area contributed by atoms with E-state index in [-0.39, 0.29) is 35.6 Å². The molecule has 3 amide bonds. The van der Waals surface area contributed by atoms with Crippen molar-refractivity contribution in [1.29, 1.82) is 0 Å². The van der Waals surface area contributed by atoms with Gasteiger partial charge in [0, 0.05) is 17.8 Å². The van der Waals surface area contributed by atoms with Gasteiger partial charge in [-0.2, -0.15) is 0 Å². The number of nitrogens with one attached hydrogen (secondary N) is 2. The second kappa shape index (κ2) is 10.7. The van der Waals surface area contributed by atoms with Crippen molar-refractivity contribution in [3.8, 4) is 0 Å². The van der Waals surface area contributed by atoms with Crippen LogP contribution >= 0.6 is 11.8 Å². The fourth-order valence-electron chi connectivity index (χ4n) is 7.11. The Bertz CT molecular complexity index is 969. The van der Waals surface area contributed by atoms with Crippen molar-refractivity contribution in [3.63, 3.8) is 0 Å². The van der Waals surface area contributed by atoms with E-state index in [1.807, 2.05) is 37.3 Å². The molecule has 36 heavy (non-hydrogen) atoms. The Hall–Kier alpha value is -2.06. The number of carbonyl (C=O) groups excluding carboxylic acids is 3. The van der Waals surface area contributed by atoms with E-state index >= 15 is 0 Å². The molecule has 1 spiro atoms. The minimum Gasteiger partial charge on any atom is -0.394 e. The number of hydrogen-bond donors (Lipinski definition) is 3. The summed E-state index contributed by atoms with van der Waals surface area (Å²) in [6, 6.07) is 8.76. The molecule has 2 bridgehead atoms. The third-order valence-corrected chi connectivity index (χ3v) is 10.7. The van der Waals surface area contributed by atoms with Crippen LogP contribution in [0.4, 0.5) is 0 Å². The van der Waals surface area contributed by atoms with E-state index in [4.69, 9.17) is 0 Å². The fourth-order valence-corrected chi connectivity index (χ4v) is 9.32. The molecule has 1 saturated carbocycles. The van der Waals surface area contributed by atoms with Gasteiger partial charge in [0.2, 0.25) is 17.7 Å². The number of thioether (sulfide) groups is 1. The van der Waals surface area contributed by atoms with Crippen LogP contribution in [0.2, 0.25) is 0 Å². The second-order valence-electron chi connectivity index (χ2n) is 11.0. The van der Waals surface area contributed by atoms with Gasteiger partial charge < -0.3 is 20.6 Å². The van der Waals surface area contributed by atoms with Gasteiger partial charge in [-0.3, -0.25) is 14.4 Å². The largest absolute Gasteiger partial charge is 0.394 e. The third-order valence-electron chi connectivity index (χ3n) is 8.71. The van der Waals surface area contributed by atoms with E-state index in [0.717, 1.165) is 50.5 Å². The predicted octanol–water partition coefficient (Wildman–Crippen LogP) is 2.66. The van der Waals surface area contributed by atoms with E-state index in [1.54, 1.807) is 16.7 Å². The number of likely N-dealkylation sites (tertiary alicyclic amines) is 1. The lowest BCUT2D eigenvalue weighted by Crippen LogP contribution is -2.58. The van der Waals surface area contributed by atoms with Crippen LogP contribution in [-0.4, -0.2) is 69.0 Å². The Morgan fingerprint density at radius 2 is 1.89 bits per heavy atom. The molecule has 5 rings (SSSR count). The molecule has 4 fully saturated rings. The normalized spacial score (nSPS) is 32.4. The maximum absolute atomic E-state index is 14.2. The smallest absolute Gasteiger partial charge is 0.244 e. The van der Waals surface area contributed by atoms with Crippen LogP contribution < -0.4 is 10.6 Å². The monoisotopic (exact) mass is 513 g/mol. The highest BCUT2D eigenvalue weighted by molar-refractivity contribution is 8.02. The predicted molar refractivity (Wildman–Crippen MR) is 140 cm³/mol. The summed E-state index contributed by atoms with van der Waals surface area (Å²) < 4.78 is -0.612. The average molecular weight is 514 g/mol. The van der Waals surface area contributed by atoms with E-state index in [2.05, 4.69) is 10.6 Å². The molecule has 6 atom stereocenters. The second-order valence-corrected chi connectivity index (χ2v) is 12.6. The van der Waals surface area contributed by atoms with Crippen molar-refractivity contribution in [2.45, 2.75) is 92.8 Å². The first-order chi connectivity index (χ1) is 17.5. The number of hydrogen-bond acceptors (Lipinski definition) is 5. The minimum atomic E-state index is -0.670. The Labute approximate surface area is 218 Å². The van der Waals surface area contributed by atoms with Crippen LogP contribution in [-0.2, 0) is 20.8 Å². The SMILES string of the molecule is CCCNC(=O)[C@@H]1[C@@H]2CCC3(S2)C(C(=O)NC2CCCCC2)N([C@@H](CO)Cc2ccccc2)C(=O)[C@H]13. The number of rotatable bonds is 9. The topological polar surface area (TPSA) is 98.7 Å². The zero-order chi connectivity index (χ0) is 25.3. The molecule has 0 radical (unpaired) electrons. The van der Waals surface area contributed by atoms with E-state index in [0.29, 0.717) is 13.0 Å². The summed E-state index contributed by atoms with van der Waals surface area (Å²) in [6.45, 7) is 2.38. The molecular formula is C28H39N3O4S. The van der Waals surface area contributed by atoms with Gasteiger partial charge in [-0.05, 0) is 44.1 Å². The highest BCUT2D eigenvalue weighted by Crippen LogP contribution is 2.66. The highest BCUT2D eigenvalue weighted by atomic mass is 32.2. The van der Waals surface area contributed by atoms with Crippen molar-refractivity contribution >= 4 is 29.5 Å². The summed E-state index contributed by atoms with van der Waals surface area (Å²) in [5.41, 5.74) is 1.01. The summed E-state index contributed by atoms with van der Waals surface area (Å²) in [7, 11) is 0. The van der Waals surface area contributed by atoms with Crippen molar-refractivity contribution < 1.29 is 19.5 Å². The Morgan fingerprint density at radius 3 is 2.58 bits per heavy atom. The molecule has 3 heterocycles. The van der Waals surface area contributed by atoms with Gasteiger partial charge >= 0.3 is 0 Å². The number of amides is 3. The number of nitrogens with zero attached hydrogens (tertiary/aromatic N) is 1. The Balaban J connectivity index is 1.49. The Morgan fingerprint density at radius 1 is 1.14 bits per heavy atom. The maximum Gasteiger partial charge on any atom is 0.244 e. The summed E-state index contributed by atoms with van der Waals surface area (Å²) in [5.74, 6) is -1.25. The summed E-state index contributed by atoms with van der Waals surface area (Å²) >= 11 is 1.69. The molecule has 8 heteroatoms. The molecule has 4 aliphatic rings. The van der Waals surface area contributed by atoms with Gasteiger partial charge in [0.25, 0.3) is 0 Å². The summed E-state index contributed by atoms with van der Waals surface area (Å²) in [6.07, 6.45) is 8.24. The van der Waals surface area contributed by atoms with Crippen molar-refractivity contribution in [2.24, 2.45) is 11.8 Å². The van der Waals surface area contributed by atoms with E-state index in [9.17, 15) is 19.5 Å². The molecule has 3 aliphatic heterocycles. The molecule has 1 aromatic rings. The molecule has 0 aromatic heterocycles. The van der Waals surface area contributed by atoms with Gasteiger partial charge in [0.1, 0.15) is 6.04 Å². The van der Waals surface area contributed by atoms with Gasteiger partial charge in [0.05, 0.1) is 29.2 Å². The van der Waals surface area contributed by atoms with Crippen LogP contribution in [0.25, 0.3) is 0 Å². The van der Waals surface area contributed by atoms with Crippen molar-refractivity contribution in [1.82, 2.24) is 15.5 Å². The molecule has 7 nitrogen and oxygen atoms in total. The van der Waals surface area contributed by atoms with Crippen LogP contribution in [0.5, 0.6) is 0 Å². The molecule has 1 aromatic carbocycles. The molecule has 3 N–H and O–H groups in total. The van der Waals surface area contributed by atoms with Crippen LogP contribution in [0.3, 0.4) is 0 Å². The number of aliphatic hydroxyl groups excluding tert-OH is 1. The Kier molecular flexibility index (Phi) is 7.63. The first-order valence-corrected chi connectivity index (χ1v) is 14.6. The lowest BCUT2D eigenvalue weighted by atomic mass is 9.70. The lowest BCUT2D eigenvalue weighted by molar-refractivity contribution is -0.142. The summed E-state index contributed by atoms with van der Waals surface area (Å²) in [5, 5.41) is 16.9. The molecule has 196 valence electrons. The fraction of sp³-hybridized carbons (Fsp3) is 0.679. The standard InChI is InChI=1S/C28H39N3O4S/c1-2-15-29-25(33)22-21-13-14-28(36-21)23(22)27(35)31(20(17-32)16-18-9-5-3-6-10-18)24(28)26(34)30-19-11-7-4-8-12-19/h3,5-6,9-10,19-24,32H,2,4,7-8,11-17H2,1H3,(H,29,33)(H,30,34)/t20-,21+,22-,23+,24?,28?/m1/s1. The zero-order valence-electron chi connectivity index (χ0n) is 21.2. The van der Waals surface area contributed by atoms with Crippen LogP contribution in [0.1, 0.15) is 63.9 Å². The molecule has 2 unspecified atom stereocenters. The quantitative estimate of drug-likeness (QED) is 0.472. The zero-order valence-corrected chi connectivity index (χ0v) is 22.0. The molecule has 1 aliphatic carbocycles. The molecule has 3 saturated heterocycles. The highest BCUT2D eigenvalue weighted by Gasteiger charge is 2.74. The maximum atomic E-state index is 14.2. The number of benzene rings is 1. The number of carbonyl (C=O) groups is 3. The lowest BCUT2D eigenvalue weighted by Gasteiger charge is -2.38. The van der Waals surface area contributed by atoms with Crippen molar-refractivity contribution in [3.05, 3.63) is 35.9 Å². The van der Waals surface area contributed by atoms with E-state index in [1.165, 1.54) is 6.42 Å². The number of aliphatic hydroxyl groups is 1. The van der Waals surface area contributed by atoms with Gasteiger partial charge in [-0.25, -0.2) is 0 Å². The summed E-state index contributed by atoms with van der Waals surface area (Å²) in [4.78, 5) is 43.2. The van der Waals surface area contributed by atoms with Gasteiger partial charge in [-0.1, -0.05) is 56.5 Å².